The molecule has 0 aliphatic carbocycles. The van der Waals surface area contributed by atoms with Gasteiger partial charge in [-0.3, -0.25) is 4.57 Å². The first-order valence-corrected chi connectivity index (χ1v) is 19.1. The van der Waals surface area contributed by atoms with E-state index in [1.165, 1.54) is 74.0 Å². The lowest BCUT2D eigenvalue weighted by atomic mass is 9.98. The van der Waals surface area contributed by atoms with E-state index in [2.05, 4.69) is 180 Å². The summed E-state index contributed by atoms with van der Waals surface area (Å²) >= 11 is 1.88. The zero-order chi connectivity index (χ0) is 35.3. The lowest BCUT2D eigenvalue weighted by molar-refractivity contribution is 0.998. The minimum absolute atomic E-state index is 0.655. The molecule has 12 rings (SSSR count). The summed E-state index contributed by atoms with van der Waals surface area (Å²) in [7, 11) is 0. The monoisotopic (exact) mass is 703 g/mol. The van der Waals surface area contributed by atoms with Crippen LogP contribution in [0.2, 0.25) is 0 Å². The number of fused-ring (bicyclic) bond motifs is 13. The molecule has 9 aromatic carbocycles. The van der Waals surface area contributed by atoms with Crippen LogP contribution in [0.3, 0.4) is 0 Å². The highest BCUT2D eigenvalue weighted by molar-refractivity contribution is 7.26. The van der Waals surface area contributed by atoms with Crippen LogP contribution in [-0.4, -0.2) is 14.5 Å². The Labute approximate surface area is 314 Å². The Balaban J connectivity index is 1.17. The standard InChI is InChI=1S/C50H29N3S/c1-3-11-32-27-34(19-17-30(32)9-1)44-29-45(35-20-18-31-10-2-4-12-33(31)28-35)52-50(51-44)53-46-15-7-5-13-38(46)41-23-21-36-37-22-25-43-39-14-6-8-16-47(39)54-49(43)42(37)26-24-40(36)48(41)53/h1-29H. The lowest BCUT2D eigenvalue weighted by Crippen LogP contribution is -2.04. The number of hydrogen-bond donors (Lipinski definition) is 0. The summed E-state index contributed by atoms with van der Waals surface area (Å²) < 4.78 is 4.95. The minimum Gasteiger partial charge on any atom is -0.277 e. The van der Waals surface area contributed by atoms with E-state index in [1.54, 1.807) is 0 Å². The molecule has 0 aliphatic heterocycles. The fourth-order valence-electron chi connectivity index (χ4n) is 8.60. The Hall–Kier alpha value is -6.88. The maximum atomic E-state index is 5.43. The second-order valence-electron chi connectivity index (χ2n) is 14.2. The second-order valence-corrected chi connectivity index (χ2v) is 15.2. The molecular formula is C50H29N3S. The van der Waals surface area contributed by atoms with E-state index in [0.717, 1.165) is 33.5 Å². The van der Waals surface area contributed by atoms with Gasteiger partial charge in [-0.05, 0) is 62.6 Å². The smallest absolute Gasteiger partial charge is 0.235 e. The highest BCUT2D eigenvalue weighted by Gasteiger charge is 2.20. The van der Waals surface area contributed by atoms with Crippen LogP contribution in [0.25, 0.3) is 114 Å². The molecule has 0 radical (unpaired) electrons. The summed E-state index contributed by atoms with van der Waals surface area (Å²) in [5.41, 5.74) is 6.09. The summed E-state index contributed by atoms with van der Waals surface area (Å²) in [5.74, 6) is 0.655. The summed E-state index contributed by atoms with van der Waals surface area (Å²) in [6.07, 6.45) is 0. The fraction of sp³-hybridized carbons (Fsp3) is 0. The zero-order valence-corrected chi connectivity index (χ0v) is 29.8. The Morgan fingerprint density at radius 2 is 0.870 bits per heavy atom. The van der Waals surface area contributed by atoms with Crippen LogP contribution >= 0.6 is 11.3 Å². The fourth-order valence-corrected chi connectivity index (χ4v) is 9.83. The number of benzene rings is 9. The van der Waals surface area contributed by atoms with E-state index < -0.39 is 0 Å². The van der Waals surface area contributed by atoms with E-state index in [4.69, 9.17) is 9.97 Å². The molecule has 250 valence electrons. The molecule has 0 unspecified atom stereocenters. The van der Waals surface area contributed by atoms with Crippen molar-refractivity contribution in [1.82, 2.24) is 14.5 Å². The van der Waals surface area contributed by atoms with Gasteiger partial charge in [-0.1, -0.05) is 146 Å². The molecule has 0 saturated carbocycles. The van der Waals surface area contributed by atoms with Gasteiger partial charge in [0.15, 0.2) is 0 Å². The summed E-state index contributed by atoms with van der Waals surface area (Å²) in [4.78, 5) is 10.9. The Kier molecular flexibility index (Phi) is 6.21. The van der Waals surface area contributed by atoms with Crippen LogP contribution in [0.5, 0.6) is 0 Å². The molecule has 0 N–H and O–H groups in total. The maximum absolute atomic E-state index is 5.43. The molecule has 54 heavy (non-hydrogen) atoms. The molecule has 0 spiro atoms. The zero-order valence-electron chi connectivity index (χ0n) is 29.0. The third-order valence-corrected chi connectivity index (χ3v) is 12.4. The average Bonchev–Trinajstić information content (AvgIpc) is 3.79. The van der Waals surface area contributed by atoms with Gasteiger partial charge in [0.25, 0.3) is 0 Å². The van der Waals surface area contributed by atoms with Gasteiger partial charge in [0.2, 0.25) is 5.95 Å². The number of nitrogens with zero attached hydrogens (tertiary/aromatic N) is 3. The van der Waals surface area contributed by atoms with Crippen molar-refractivity contribution in [3.05, 3.63) is 176 Å². The van der Waals surface area contributed by atoms with E-state index in [9.17, 15) is 0 Å². The second kappa shape index (κ2) is 11.3. The predicted molar refractivity (Wildman–Crippen MR) is 230 cm³/mol. The molecule has 3 aromatic heterocycles. The first kappa shape index (κ1) is 29.7. The highest BCUT2D eigenvalue weighted by atomic mass is 32.1. The van der Waals surface area contributed by atoms with Crippen molar-refractivity contribution in [3.8, 4) is 28.5 Å². The SMILES string of the molecule is c1ccc2cc(-c3cc(-c4ccc5ccccc5c4)nc(-n4c5ccccc5c5ccc6c7ccc8c9ccccc9sc8c7ccc6c54)n3)ccc2c1. The van der Waals surface area contributed by atoms with E-state index in [0.29, 0.717) is 5.95 Å². The van der Waals surface area contributed by atoms with E-state index in [-0.39, 0.29) is 0 Å². The highest BCUT2D eigenvalue weighted by Crippen LogP contribution is 2.43. The lowest BCUT2D eigenvalue weighted by Gasteiger charge is -2.14. The van der Waals surface area contributed by atoms with Crippen molar-refractivity contribution in [3.63, 3.8) is 0 Å². The van der Waals surface area contributed by atoms with Crippen molar-refractivity contribution in [2.75, 3.05) is 0 Å². The molecule has 0 atom stereocenters. The number of para-hydroxylation sites is 1. The molecule has 12 aromatic rings. The molecule has 0 fully saturated rings. The van der Waals surface area contributed by atoms with Crippen LogP contribution < -0.4 is 0 Å². The summed E-state index contributed by atoms with van der Waals surface area (Å²) in [6, 6.07) is 63.6. The normalized spacial score (nSPS) is 12.1. The molecule has 4 heteroatoms. The Morgan fingerprint density at radius 3 is 1.56 bits per heavy atom. The molecule has 0 aliphatic rings. The number of hydrogen-bond acceptors (Lipinski definition) is 3. The van der Waals surface area contributed by atoms with Gasteiger partial charge < -0.3 is 0 Å². The van der Waals surface area contributed by atoms with Crippen molar-refractivity contribution < 1.29 is 0 Å². The summed E-state index contributed by atoms with van der Waals surface area (Å²) in [5, 5.41) is 14.7. The van der Waals surface area contributed by atoms with Gasteiger partial charge in [0, 0.05) is 52.8 Å². The number of rotatable bonds is 3. The maximum Gasteiger partial charge on any atom is 0.235 e. The van der Waals surface area contributed by atoms with Crippen LogP contribution in [0.4, 0.5) is 0 Å². The van der Waals surface area contributed by atoms with Gasteiger partial charge in [-0.2, -0.15) is 0 Å². The quantitative estimate of drug-likeness (QED) is 0.172. The van der Waals surface area contributed by atoms with Crippen LogP contribution in [-0.2, 0) is 0 Å². The summed E-state index contributed by atoms with van der Waals surface area (Å²) in [6.45, 7) is 0. The third-order valence-electron chi connectivity index (χ3n) is 11.2. The Bertz CT molecular complexity index is 3420. The van der Waals surface area contributed by atoms with Crippen molar-refractivity contribution in [2.45, 2.75) is 0 Å². The van der Waals surface area contributed by atoms with E-state index >= 15 is 0 Å². The average molecular weight is 704 g/mol. The van der Waals surface area contributed by atoms with E-state index in [1.807, 2.05) is 11.3 Å². The number of aromatic nitrogens is 3. The molecular weight excluding hydrogens is 675 g/mol. The Morgan fingerprint density at radius 1 is 0.370 bits per heavy atom. The first-order valence-electron chi connectivity index (χ1n) is 18.3. The van der Waals surface area contributed by atoms with Crippen LogP contribution in [0, 0.1) is 0 Å². The van der Waals surface area contributed by atoms with Gasteiger partial charge >= 0.3 is 0 Å². The first-order chi connectivity index (χ1) is 26.7. The van der Waals surface area contributed by atoms with Gasteiger partial charge in [-0.25, -0.2) is 9.97 Å². The van der Waals surface area contributed by atoms with Gasteiger partial charge in [0.05, 0.1) is 22.4 Å². The van der Waals surface area contributed by atoms with Crippen molar-refractivity contribution in [2.24, 2.45) is 0 Å². The number of thiophene rings is 1. The van der Waals surface area contributed by atoms with Crippen molar-refractivity contribution in [1.29, 1.82) is 0 Å². The van der Waals surface area contributed by atoms with Crippen LogP contribution in [0.15, 0.2) is 176 Å². The molecule has 0 bridgehead atoms. The topological polar surface area (TPSA) is 30.7 Å². The third kappa shape index (κ3) is 4.35. The van der Waals surface area contributed by atoms with Crippen molar-refractivity contribution >= 4 is 96.4 Å². The van der Waals surface area contributed by atoms with Crippen LogP contribution in [0.1, 0.15) is 0 Å². The molecule has 0 saturated heterocycles. The predicted octanol–water partition coefficient (Wildman–Crippen LogP) is 13.9. The minimum atomic E-state index is 0.655. The van der Waals surface area contributed by atoms with Gasteiger partial charge in [0.1, 0.15) is 0 Å². The molecule has 0 amide bonds. The molecule has 3 nitrogen and oxygen atoms in total. The largest absolute Gasteiger partial charge is 0.277 e. The molecule has 3 heterocycles. The van der Waals surface area contributed by atoms with Gasteiger partial charge in [-0.15, -0.1) is 11.3 Å².